The zero-order valence-corrected chi connectivity index (χ0v) is 17.9. The molecule has 0 radical (unpaired) electrons. The minimum atomic E-state index is -4.46. The molecule has 1 atom stereocenters. The van der Waals surface area contributed by atoms with Crippen LogP contribution in [0.5, 0.6) is 0 Å². The number of rotatable bonds is 4. The van der Waals surface area contributed by atoms with Crippen molar-refractivity contribution in [3.8, 4) is 11.3 Å². The summed E-state index contributed by atoms with van der Waals surface area (Å²) in [6, 6.07) is 8.27. The molecular weight excluding hydrogens is 467 g/mol. The van der Waals surface area contributed by atoms with Gasteiger partial charge in [0, 0.05) is 12.0 Å². The molecule has 3 heterocycles. The zero-order chi connectivity index (χ0) is 24.9. The summed E-state index contributed by atoms with van der Waals surface area (Å²) < 4.78 is 40.2. The summed E-state index contributed by atoms with van der Waals surface area (Å²) in [7, 11) is 0. The molecule has 2 aromatic carbocycles. The molecule has 0 bridgehead atoms. The van der Waals surface area contributed by atoms with E-state index in [2.05, 4.69) is 15.6 Å². The minimum absolute atomic E-state index is 0.0179. The number of halogens is 3. The molecule has 0 saturated carbocycles. The van der Waals surface area contributed by atoms with Crippen molar-refractivity contribution in [3.63, 3.8) is 0 Å². The highest BCUT2D eigenvalue weighted by molar-refractivity contribution is 6.23. The average Bonchev–Trinajstić information content (AvgIpc) is 3.37. The van der Waals surface area contributed by atoms with Gasteiger partial charge in [-0.05, 0) is 36.2 Å². The second-order valence-electron chi connectivity index (χ2n) is 8.21. The molecule has 3 aromatic rings. The van der Waals surface area contributed by atoms with Gasteiger partial charge < -0.3 is 0 Å². The fraction of sp³-hybridized carbons (Fsp3) is 0.217. The summed E-state index contributed by atoms with van der Waals surface area (Å²) in [5.74, 6) is -2.44. The van der Waals surface area contributed by atoms with Crippen molar-refractivity contribution in [3.05, 3.63) is 70.9 Å². The molecule has 1 unspecified atom stereocenters. The molecule has 2 aliphatic rings. The third-order valence-corrected chi connectivity index (χ3v) is 5.87. The van der Waals surface area contributed by atoms with Crippen molar-refractivity contribution in [1.82, 2.24) is 25.2 Å². The molecule has 1 N–H and O–H groups in total. The number of hydrogen-bond acceptors (Lipinski definition) is 6. The summed E-state index contributed by atoms with van der Waals surface area (Å²) in [6.45, 7) is 0.0442. The highest BCUT2D eigenvalue weighted by atomic mass is 19.4. The normalized spacial score (nSPS) is 18.1. The number of benzene rings is 2. The van der Waals surface area contributed by atoms with Gasteiger partial charge in [-0.2, -0.15) is 13.2 Å². The van der Waals surface area contributed by atoms with Crippen molar-refractivity contribution in [2.75, 3.05) is 0 Å². The lowest BCUT2D eigenvalue weighted by molar-refractivity contribution is -0.138. The highest BCUT2D eigenvalue weighted by Crippen LogP contribution is 2.31. The van der Waals surface area contributed by atoms with Gasteiger partial charge >= 0.3 is 6.18 Å². The number of nitrogens with zero attached hydrogens (tertiary/aromatic N) is 4. The Morgan fingerprint density at radius 2 is 1.77 bits per heavy atom. The maximum Gasteiger partial charge on any atom is 0.416 e. The maximum atomic E-state index is 13.0. The highest BCUT2D eigenvalue weighted by Gasteiger charge is 2.44. The Bertz CT molecular complexity index is 1400. The number of hydrogen-bond donors (Lipinski definition) is 1. The fourth-order valence-electron chi connectivity index (χ4n) is 4.17. The van der Waals surface area contributed by atoms with Gasteiger partial charge in [0.25, 0.3) is 11.8 Å². The summed E-state index contributed by atoms with van der Waals surface area (Å²) >= 11 is 0. The van der Waals surface area contributed by atoms with Gasteiger partial charge in [-0.15, -0.1) is 5.10 Å². The molecule has 35 heavy (non-hydrogen) atoms. The van der Waals surface area contributed by atoms with E-state index in [-0.39, 0.29) is 30.5 Å². The van der Waals surface area contributed by atoms with Gasteiger partial charge in [0.05, 0.1) is 29.4 Å². The van der Waals surface area contributed by atoms with Gasteiger partial charge in [-0.3, -0.25) is 29.4 Å². The van der Waals surface area contributed by atoms with Crippen molar-refractivity contribution < 1.29 is 32.3 Å². The summed E-state index contributed by atoms with van der Waals surface area (Å²) in [5.41, 5.74) is 0.637. The third kappa shape index (κ3) is 4.07. The van der Waals surface area contributed by atoms with Crippen LogP contribution >= 0.6 is 0 Å². The maximum absolute atomic E-state index is 13.0. The van der Waals surface area contributed by atoms with Gasteiger partial charge in [0.2, 0.25) is 11.8 Å². The van der Waals surface area contributed by atoms with E-state index in [4.69, 9.17) is 0 Å². The number of imide groups is 2. The quantitative estimate of drug-likeness (QED) is 0.570. The Kier molecular flexibility index (Phi) is 5.23. The lowest BCUT2D eigenvalue weighted by Gasteiger charge is -2.27. The topological polar surface area (TPSA) is 114 Å². The van der Waals surface area contributed by atoms with E-state index in [1.807, 2.05) is 0 Å². The van der Waals surface area contributed by atoms with Crippen LogP contribution < -0.4 is 5.32 Å². The first-order valence-electron chi connectivity index (χ1n) is 10.5. The van der Waals surface area contributed by atoms with Gasteiger partial charge in [-0.25, -0.2) is 4.68 Å². The molecule has 5 rings (SSSR count). The van der Waals surface area contributed by atoms with Crippen LogP contribution in [-0.4, -0.2) is 49.6 Å². The summed E-state index contributed by atoms with van der Waals surface area (Å²) in [4.78, 5) is 50.3. The average molecular weight is 483 g/mol. The Morgan fingerprint density at radius 3 is 2.51 bits per heavy atom. The van der Waals surface area contributed by atoms with Crippen LogP contribution in [0.1, 0.15) is 44.7 Å². The van der Waals surface area contributed by atoms with Crippen LogP contribution in [0.2, 0.25) is 0 Å². The van der Waals surface area contributed by atoms with Gasteiger partial charge in [0.15, 0.2) is 0 Å². The van der Waals surface area contributed by atoms with Crippen molar-refractivity contribution >= 4 is 23.6 Å². The third-order valence-electron chi connectivity index (χ3n) is 5.87. The standard InChI is InChI=1S/C23H16F3N5O4/c24-23(25,26)14-3-1-2-12(8-14)10-30-11-17(28-29-30)13-4-5-15-16(9-13)22(35)31(21(15)34)18-6-7-19(32)27-20(18)33/h1-5,8-9,11,18H,6-7,10H2,(H,27,32,33). The van der Waals surface area contributed by atoms with E-state index in [1.54, 1.807) is 12.1 Å². The molecular formula is C23H16F3N5O4. The molecule has 9 nitrogen and oxygen atoms in total. The van der Waals surface area contributed by atoms with E-state index in [9.17, 15) is 32.3 Å². The monoisotopic (exact) mass is 483 g/mol. The molecule has 178 valence electrons. The number of amides is 4. The summed E-state index contributed by atoms with van der Waals surface area (Å²) in [6.07, 6.45) is -2.88. The van der Waals surface area contributed by atoms with E-state index in [0.29, 0.717) is 16.8 Å². The van der Waals surface area contributed by atoms with Gasteiger partial charge in [-0.1, -0.05) is 23.4 Å². The van der Waals surface area contributed by atoms with E-state index < -0.39 is 41.4 Å². The largest absolute Gasteiger partial charge is 0.416 e. The number of alkyl halides is 3. The molecule has 1 aromatic heterocycles. The molecule has 12 heteroatoms. The van der Waals surface area contributed by atoms with Crippen molar-refractivity contribution in [2.24, 2.45) is 0 Å². The number of fused-ring (bicyclic) bond motifs is 1. The second kappa shape index (κ2) is 8.15. The molecule has 0 aliphatic carbocycles. The SMILES string of the molecule is O=C1CCC(N2C(=O)c3ccc(-c4cn(Cc5cccc(C(F)(F)F)c5)nn4)cc3C2=O)C(=O)N1. The number of carbonyl (C=O) groups is 4. The van der Waals surface area contributed by atoms with Crippen LogP contribution in [0.3, 0.4) is 0 Å². The fourth-order valence-corrected chi connectivity index (χ4v) is 4.17. The first-order chi connectivity index (χ1) is 16.6. The molecule has 1 saturated heterocycles. The first-order valence-corrected chi connectivity index (χ1v) is 10.5. The van der Waals surface area contributed by atoms with Crippen LogP contribution in [-0.2, 0) is 22.3 Å². The lowest BCUT2D eigenvalue weighted by atomic mass is 10.0. The zero-order valence-electron chi connectivity index (χ0n) is 17.9. The number of carbonyl (C=O) groups excluding carboxylic acids is 4. The molecule has 1 fully saturated rings. The number of piperidine rings is 1. The van der Waals surface area contributed by atoms with E-state index in [0.717, 1.165) is 17.0 Å². The summed E-state index contributed by atoms with van der Waals surface area (Å²) in [5, 5.41) is 10.1. The minimum Gasteiger partial charge on any atom is -0.295 e. The van der Waals surface area contributed by atoms with Crippen LogP contribution in [0.25, 0.3) is 11.3 Å². The Balaban J connectivity index is 1.38. The van der Waals surface area contributed by atoms with Crippen LogP contribution in [0, 0.1) is 0 Å². The van der Waals surface area contributed by atoms with E-state index >= 15 is 0 Å². The Morgan fingerprint density at radius 1 is 1.00 bits per heavy atom. The first kappa shape index (κ1) is 22.4. The second-order valence-corrected chi connectivity index (χ2v) is 8.21. The van der Waals surface area contributed by atoms with Gasteiger partial charge in [0.1, 0.15) is 11.7 Å². The van der Waals surface area contributed by atoms with E-state index in [1.165, 1.54) is 29.1 Å². The molecule has 2 aliphatic heterocycles. The van der Waals surface area contributed by atoms with Crippen LogP contribution in [0.15, 0.2) is 48.7 Å². The van der Waals surface area contributed by atoms with Crippen molar-refractivity contribution in [2.45, 2.75) is 31.6 Å². The van der Waals surface area contributed by atoms with Crippen LogP contribution in [0.4, 0.5) is 13.2 Å². The Hall–Kier alpha value is -4.35. The number of aromatic nitrogens is 3. The molecule has 0 spiro atoms. The smallest absolute Gasteiger partial charge is 0.295 e. The molecule has 4 amide bonds. The predicted octanol–water partition coefficient (Wildman–Crippen LogP) is 2.41. The predicted molar refractivity (Wildman–Crippen MR) is 113 cm³/mol. The Labute approximate surface area is 195 Å². The van der Waals surface area contributed by atoms with Crippen molar-refractivity contribution in [1.29, 1.82) is 0 Å². The number of nitrogens with one attached hydrogen (secondary N) is 1. The lowest BCUT2D eigenvalue weighted by Crippen LogP contribution is -2.54.